The van der Waals surface area contributed by atoms with Crippen LogP contribution < -0.4 is 0 Å². The molecule has 10 rings (SSSR count). The number of aromatic nitrogens is 3. The van der Waals surface area contributed by atoms with Crippen molar-refractivity contribution in [1.29, 1.82) is 0 Å². The number of nitrogens with zero attached hydrogens (tertiary/aromatic N) is 3. The van der Waals surface area contributed by atoms with E-state index >= 15 is 0 Å². The molecule has 0 aliphatic carbocycles. The van der Waals surface area contributed by atoms with Gasteiger partial charge in [0.2, 0.25) is 0 Å². The van der Waals surface area contributed by atoms with E-state index in [1.165, 1.54) is 54.6 Å². The van der Waals surface area contributed by atoms with Gasteiger partial charge in [0.05, 0.1) is 11.4 Å². The van der Waals surface area contributed by atoms with E-state index in [-0.39, 0.29) is 0 Å². The molecule has 0 bridgehead atoms. The van der Waals surface area contributed by atoms with Crippen LogP contribution in [0.3, 0.4) is 0 Å². The molecule has 0 unspecified atom stereocenters. The maximum atomic E-state index is 5.23. The molecule has 0 aliphatic rings. The first-order valence-electron chi connectivity index (χ1n) is 17.6. The zero-order chi connectivity index (χ0) is 34.4. The molecule has 0 N–H and O–H groups in total. The first kappa shape index (κ1) is 29.9. The van der Waals surface area contributed by atoms with Crippen molar-refractivity contribution in [1.82, 2.24) is 15.0 Å². The quantitative estimate of drug-likeness (QED) is 0.166. The molecule has 0 atom stereocenters. The predicted molar refractivity (Wildman–Crippen MR) is 216 cm³/mol. The zero-order valence-electron chi connectivity index (χ0n) is 28.2. The molecular formula is C49H31N3. The summed E-state index contributed by atoms with van der Waals surface area (Å²) in [5.41, 5.74) is 11.6. The fraction of sp³-hybridized carbons (Fsp3) is 0. The monoisotopic (exact) mass is 661 g/mol. The summed E-state index contributed by atoms with van der Waals surface area (Å²) >= 11 is 0. The minimum Gasteiger partial charge on any atom is -0.264 e. The minimum absolute atomic E-state index is 0.676. The Bertz CT molecular complexity index is 2850. The fourth-order valence-corrected chi connectivity index (χ4v) is 7.59. The second-order valence-corrected chi connectivity index (χ2v) is 13.2. The van der Waals surface area contributed by atoms with Crippen LogP contribution in [0.5, 0.6) is 0 Å². The molecular weight excluding hydrogens is 631 g/mol. The summed E-state index contributed by atoms with van der Waals surface area (Å²) < 4.78 is 0. The van der Waals surface area contributed by atoms with Gasteiger partial charge in [-0.05, 0) is 72.3 Å². The molecule has 8 aromatic carbocycles. The molecule has 0 amide bonds. The van der Waals surface area contributed by atoms with Gasteiger partial charge in [-0.1, -0.05) is 164 Å². The Kier molecular flexibility index (Phi) is 7.14. The van der Waals surface area contributed by atoms with Crippen LogP contribution in [0, 0.1) is 0 Å². The van der Waals surface area contributed by atoms with Gasteiger partial charge < -0.3 is 0 Å². The normalized spacial score (nSPS) is 11.5. The van der Waals surface area contributed by atoms with Gasteiger partial charge in [0.1, 0.15) is 0 Å². The number of hydrogen-bond donors (Lipinski definition) is 0. The maximum Gasteiger partial charge on any atom is 0.161 e. The van der Waals surface area contributed by atoms with E-state index in [0.717, 1.165) is 39.2 Å². The molecule has 2 heterocycles. The first-order chi connectivity index (χ1) is 25.8. The standard InChI is InChI=1S/C49H31N3/c1-2-8-32(9-3-1)33-15-19-35(20-16-33)45-30-46(52-49(51-45)44-14-5-4-13-41(44)40-12-7-29-50-31-40)36-21-17-34(18-22-36)42-27-25-39-24-23-37-10-6-11-38-26-28-43(42)48(39)47(37)38/h1-31H. The van der Waals surface area contributed by atoms with Crippen molar-refractivity contribution in [2.24, 2.45) is 0 Å². The Morgan fingerprint density at radius 1 is 0.327 bits per heavy atom. The summed E-state index contributed by atoms with van der Waals surface area (Å²) in [6.07, 6.45) is 3.69. The summed E-state index contributed by atoms with van der Waals surface area (Å²) in [6, 6.07) is 62.5. The molecule has 3 heteroatoms. The average molecular weight is 662 g/mol. The van der Waals surface area contributed by atoms with Crippen LogP contribution in [-0.2, 0) is 0 Å². The van der Waals surface area contributed by atoms with Crippen LogP contribution in [0.4, 0.5) is 0 Å². The second-order valence-electron chi connectivity index (χ2n) is 13.2. The maximum absolute atomic E-state index is 5.23. The van der Waals surface area contributed by atoms with Gasteiger partial charge >= 0.3 is 0 Å². The van der Waals surface area contributed by atoms with E-state index in [1.807, 2.05) is 24.4 Å². The highest BCUT2D eigenvalue weighted by Gasteiger charge is 2.16. The van der Waals surface area contributed by atoms with Crippen molar-refractivity contribution in [2.45, 2.75) is 0 Å². The van der Waals surface area contributed by atoms with Gasteiger partial charge in [-0.3, -0.25) is 4.98 Å². The van der Waals surface area contributed by atoms with E-state index < -0.39 is 0 Å². The summed E-state index contributed by atoms with van der Waals surface area (Å²) in [5, 5.41) is 7.75. The zero-order valence-corrected chi connectivity index (χ0v) is 28.2. The molecule has 52 heavy (non-hydrogen) atoms. The van der Waals surface area contributed by atoms with Gasteiger partial charge in [0, 0.05) is 34.6 Å². The molecule has 0 saturated heterocycles. The van der Waals surface area contributed by atoms with Crippen LogP contribution >= 0.6 is 0 Å². The number of rotatable bonds is 6. The third-order valence-electron chi connectivity index (χ3n) is 10.2. The van der Waals surface area contributed by atoms with Crippen LogP contribution in [0.1, 0.15) is 0 Å². The lowest BCUT2D eigenvalue weighted by molar-refractivity contribution is 1.18. The molecule has 0 radical (unpaired) electrons. The van der Waals surface area contributed by atoms with E-state index in [9.17, 15) is 0 Å². The second kappa shape index (κ2) is 12.4. The summed E-state index contributed by atoms with van der Waals surface area (Å²) in [6.45, 7) is 0. The highest BCUT2D eigenvalue weighted by molar-refractivity contribution is 6.25. The van der Waals surface area contributed by atoms with Gasteiger partial charge in [0.15, 0.2) is 5.82 Å². The molecule has 0 fully saturated rings. The Labute approximate surface area is 301 Å². The molecule has 2 aromatic heterocycles. The van der Waals surface area contributed by atoms with E-state index in [0.29, 0.717) is 5.82 Å². The molecule has 3 nitrogen and oxygen atoms in total. The SMILES string of the molecule is c1ccc(-c2ccc(-c3cc(-c4ccc(-c5ccc6ccc7cccc8ccc5c6c78)cc4)nc(-c4ccccc4-c4cccnc4)n3)cc2)cc1. The Balaban J connectivity index is 1.10. The van der Waals surface area contributed by atoms with Crippen molar-refractivity contribution < 1.29 is 0 Å². The molecule has 0 saturated carbocycles. The highest BCUT2D eigenvalue weighted by atomic mass is 14.9. The lowest BCUT2D eigenvalue weighted by atomic mass is 9.89. The van der Waals surface area contributed by atoms with Crippen LogP contribution in [-0.4, -0.2) is 15.0 Å². The lowest BCUT2D eigenvalue weighted by Crippen LogP contribution is -1.97. The van der Waals surface area contributed by atoms with E-state index in [4.69, 9.17) is 9.97 Å². The van der Waals surface area contributed by atoms with Gasteiger partial charge in [-0.2, -0.15) is 0 Å². The van der Waals surface area contributed by atoms with Gasteiger partial charge in [-0.25, -0.2) is 9.97 Å². The molecule has 10 aromatic rings. The van der Waals surface area contributed by atoms with Gasteiger partial charge in [0.25, 0.3) is 0 Å². The summed E-state index contributed by atoms with van der Waals surface area (Å²) in [5.74, 6) is 0.676. The fourth-order valence-electron chi connectivity index (χ4n) is 7.59. The summed E-state index contributed by atoms with van der Waals surface area (Å²) in [4.78, 5) is 14.8. The topological polar surface area (TPSA) is 38.7 Å². The molecule has 0 aliphatic heterocycles. The van der Waals surface area contributed by atoms with Crippen molar-refractivity contribution in [3.05, 3.63) is 188 Å². The van der Waals surface area contributed by atoms with Crippen molar-refractivity contribution in [2.75, 3.05) is 0 Å². The predicted octanol–water partition coefficient (Wildman–Crippen LogP) is 12.8. The van der Waals surface area contributed by atoms with Crippen LogP contribution in [0.2, 0.25) is 0 Å². The molecule has 242 valence electrons. The number of hydrogen-bond acceptors (Lipinski definition) is 3. The largest absolute Gasteiger partial charge is 0.264 e. The van der Waals surface area contributed by atoms with E-state index in [2.05, 4.69) is 163 Å². The molecule has 0 spiro atoms. The Morgan fingerprint density at radius 3 is 1.58 bits per heavy atom. The minimum atomic E-state index is 0.676. The van der Waals surface area contributed by atoms with Gasteiger partial charge in [-0.15, -0.1) is 0 Å². The number of benzene rings is 8. The third-order valence-corrected chi connectivity index (χ3v) is 10.2. The Morgan fingerprint density at radius 2 is 0.885 bits per heavy atom. The van der Waals surface area contributed by atoms with Crippen molar-refractivity contribution in [3.63, 3.8) is 0 Å². The Hall–Kier alpha value is -6.97. The first-order valence-corrected chi connectivity index (χ1v) is 17.6. The average Bonchev–Trinajstić information content (AvgIpc) is 3.23. The van der Waals surface area contributed by atoms with Crippen LogP contribution in [0.15, 0.2) is 188 Å². The third kappa shape index (κ3) is 5.19. The smallest absolute Gasteiger partial charge is 0.161 e. The lowest BCUT2D eigenvalue weighted by Gasteiger charge is -2.15. The summed E-state index contributed by atoms with van der Waals surface area (Å²) in [7, 11) is 0. The highest BCUT2D eigenvalue weighted by Crippen LogP contribution is 2.40. The van der Waals surface area contributed by atoms with E-state index in [1.54, 1.807) is 6.20 Å². The number of pyridine rings is 1. The van der Waals surface area contributed by atoms with Crippen LogP contribution in [0.25, 0.3) is 99.6 Å². The van der Waals surface area contributed by atoms with Crippen molar-refractivity contribution >= 4 is 32.3 Å². The van der Waals surface area contributed by atoms with Crippen molar-refractivity contribution in [3.8, 4) is 67.3 Å².